The summed E-state index contributed by atoms with van der Waals surface area (Å²) in [5, 5.41) is 39.6. The number of methoxy groups -OCH3 is 2. The number of nitrogens with one attached hydrogen (secondary N) is 1. The van der Waals surface area contributed by atoms with Crippen molar-refractivity contribution >= 4 is 17.5 Å². The van der Waals surface area contributed by atoms with Gasteiger partial charge in [0.1, 0.15) is 29.0 Å². The zero-order chi connectivity index (χ0) is 35.5. The van der Waals surface area contributed by atoms with Crippen molar-refractivity contribution in [2.75, 3.05) is 40.5 Å². The van der Waals surface area contributed by atoms with E-state index in [0.717, 1.165) is 6.42 Å². The van der Waals surface area contributed by atoms with Crippen LogP contribution in [0.4, 0.5) is 0 Å². The summed E-state index contributed by atoms with van der Waals surface area (Å²) in [4.78, 5) is 46.1. The summed E-state index contributed by atoms with van der Waals surface area (Å²) >= 11 is 0. The molecule has 0 aromatic heterocycles. The van der Waals surface area contributed by atoms with Gasteiger partial charge in [0.15, 0.2) is 24.6 Å². The monoisotopic (exact) mass is 707 g/mol. The maximum atomic E-state index is 14.2. The molecule has 0 unspecified atom stereocenters. The highest BCUT2D eigenvalue weighted by Crippen LogP contribution is 2.53. The van der Waals surface area contributed by atoms with Crippen molar-refractivity contribution in [2.24, 2.45) is 0 Å². The number of phenols is 2. The Morgan fingerprint density at radius 1 is 1.06 bits per heavy atom. The number of hydrogen-bond donors (Lipinski definition) is 4. The Bertz CT molecular complexity index is 1840. The van der Waals surface area contributed by atoms with Crippen LogP contribution in [0.1, 0.15) is 75.3 Å². The molecule has 9 rings (SSSR count). The third-order valence-electron chi connectivity index (χ3n) is 11.9. The summed E-state index contributed by atoms with van der Waals surface area (Å²) in [6.07, 6.45) is -3.49. The lowest BCUT2D eigenvalue weighted by Crippen LogP contribution is -2.58. The number of likely N-dealkylation sites (tertiary alicyclic amines) is 1. The molecule has 2 bridgehead atoms. The van der Waals surface area contributed by atoms with Gasteiger partial charge in [-0.3, -0.25) is 19.3 Å². The average Bonchev–Trinajstić information content (AvgIpc) is 3.86. The molecule has 0 spiro atoms. The van der Waals surface area contributed by atoms with E-state index in [-0.39, 0.29) is 64.2 Å². The number of piperazine rings is 1. The van der Waals surface area contributed by atoms with Crippen molar-refractivity contribution in [3.05, 3.63) is 51.6 Å². The first kappa shape index (κ1) is 33.2. The van der Waals surface area contributed by atoms with Crippen LogP contribution in [0.25, 0.3) is 0 Å². The first-order valence-corrected chi connectivity index (χ1v) is 17.5. The number of carbonyl (C=O) groups excluding carboxylic acids is 3. The number of nitrogens with zero attached hydrogens (tertiary/aromatic N) is 2. The van der Waals surface area contributed by atoms with Crippen molar-refractivity contribution in [1.82, 2.24) is 15.1 Å². The zero-order valence-corrected chi connectivity index (χ0v) is 28.5. The van der Waals surface area contributed by atoms with Crippen LogP contribution >= 0.6 is 0 Å². The molecule has 1 amide bonds. The second-order valence-electron chi connectivity index (χ2n) is 14.6. The minimum Gasteiger partial charge on any atom is -0.507 e. The lowest BCUT2D eigenvalue weighted by molar-refractivity contribution is -0.256. The van der Waals surface area contributed by atoms with E-state index in [0.29, 0.717) is 32.7 Å². The number of hydrogen-bond acceptors (Lipinski definition) is 14. The number of benzene rings is 2. The van der Waals surface area contributed by atoms with E-state index < -0.39 is 77.6 Å². The Morgan fingerprint density at radius 3 is 2.59 bits per heavy atom. The molecule has 5 saturated heterocycles. The highest BCUT2D eigenvalue weighted by molar-refractivity contribution is 6.31. The van der Waals surface area contributed by atoms with Crippen LogP contribution in [0, 0.1) is 0 Å². The van der Waals surface area contributed by atoms with Crippen LogP contribution < -0.4 is 10.1 Å². The summed E-state index contributed by atoms with van der Waals surface area (Å²) in [5.41, 5.74) is -2.87. The van der Waals surface area contributed by atoms with Crippen LogP contribution in [0.5, 0.6) is 17.2 Å². The minimum absolute atomic E-state index is 0.00657. The van der Waals surface area contributed by atoms with Gasteiger partial charge in [-0.05, 0) is 19.4 Å². The molecule has 10 atom stereocenters. The normalized spacial score (nSPS) is 36.7. The molecule has 51 heavy (non-hydrogen) atoms. The Hall–Kier alpha value is -3.67. The smallest absolute Gasteiger partial charge is 0.255 e. The van der Waals surface area contributed by atoms with Crippen molar-refractivity contribution in [3.63, 3.8) is 0 Å². The van der Waals surface area contributed by atoms with Gasteiger partial charge in [-0.15, -0.1) is 0 Å². The number of ether oxygens (including phenoxy) is 6. The van der Waals surface area contributed by atoms with E-state index in [1.807, 2.05) is 6.92 Å². The lowest BCUT2D eigenvalue weighted by Gasteiger charge is -2.44. The summed E-state index contributed by atoms with van der Waals surface area (Å²) in [5.74, 6) is -2.92. The summed E-state index contributed by atoms with van der Waals surface area (Å²) in [6, 6.07) is 4.43. The number of ketones is 2. The van der Waals surface area contributed by atoms with Gasteiger partial charge in [0.2, 0.25) is 5.78 Å². The van der Waals surface area contributed by atoms with Crippen molar-refractivity contribution in [2.45, 2.75) is 93.5 Å². The average molecular weight is 708 g/mol. The van der Waals surface area contributed by atoms with Crippen LogP contribution in [0.15, 0.2) is 18.2 Å². The molecular formula is C36H41N3O12. The highest BCUT2D eigenvalue weighted by Gasteiger charge is 2.56. The van der Waals surface area contributed by atoms with Crippen molar-refractivity contribution < 1.29 is 58.1 Å². The van der Waals surface area contributed by atoms with Crippen LogP contribution in [0.3, 0.4) is 0 Å². The fourth-order valence-corrected chi connectivity index (χ4v) is 9.57. The van der Waals surface area contributed by atoms with Gasteiger partial charge in [0.05, 0.1) is 42.6 Å². The largest absolute Gasteiger partial charge is 0.507 e. The molecule has 0 radical (unpaired) electrons. The zero-order valence-electron chi connectivity index (χ0n) is 28.5. The molecule has 15 nitrogen and oxygen atoms in total. The van der Waals surface area contributed by atoms with Gasteiger partial charge in [-0.25, -0.2) is 0 Å². The number of rotatable bonds is 5. The maximum absolute atomic E-state index is 14.2. The molecule has 4 N–H and O–H groups in total. The van der Waals surface area contributed by atoms with E-state index in [4.69, 9.17) is 28.4 Å². The fourth-order valence-electron chi connectivity index (χ4n) is 9.57. The molecule has 5 heterocycles. The van der Waals surface area contributed by atoms with Crippen molar-refractivity contribution in [1.29, 1.82) is 0 Å². The molecular weight excluding hydrogens is 666 g/mol. The van der Waals surface area contributed by atoms with E-state index in [1.165, 1.54) is 19.2 Å². The van der Waals surface area contributed by atoms with Gasteiger partial charge in [-0.1, -0.05) is 12.1 Å². The van der Waals surface area contributed by atoms with Gasteiger partial charge in [0, 0.05) is 80.8 Å². The van der Waals surface area contributed by atoms with Gasteiger partial charge in [0.25, 0.3) is 5.91 Å². The minimum atomic E-state index is -2.07. The topological polar surface area (TPSA) is 186 Å². The maximum Gasteiger partial charge on any atom is 0.255 e. The standard InChI is InChI=1S/C36H41N3O12/c1-15-32-20(38-7-8-48-34(47-3)33(38)51-32)10-23(49-15)50-22-12-36(45,35(44)39-14-16-9-17(39)13-37-16)11-19-25(22)31(43)27-26(29(19)41)28(40)18-5-4-6-21(46-2)24(18)30(27)42/h4-6,15-17,20,22-23,32-34,37,41,43,45H,7-14H2,1-3H3/t15-,16+,17+,20-,22-,23-,32+,33+,34-,36-/m0/s1. The number of morpholine rings is 1. The second kappa shape index (κ2) is 11.9. The number of aromatic hydroxyl groups is 2. The third kappa shape index (κ3) is 4.83. The Morgan fingerprint density at radius 2 is 1.86 bits per heavy atom. The Kier molecular flexibility index (Phi) is 7.76. The van der Waals surface area contributed by atoms with E-state index in [2.05, 4.69) is 10.2 Å². The van der Waals surface area contributed by atoms with Crippen LogP contribution in [-0.2, 0) is 34.9 Å². The fraction of sp³-hybridized carbons (Fsp3) is 0.583. The lowest BCUT2D eigenvalue weighted by atomic mass is 9.72. The van der Waals surface area contributed by atoms with Crippen LogP contribution in [0.2, 0.25) is 0 Å². The summed E-state index contributed by atoms with van der Waals surface area (Å²) < 4.78 is 36.0. The molecule has 2 aromatic rings. The SMILES string of the molecule is COc1cccc2c1C(=O)c1c(O)c3c(c(O)c1C2=O)C[C@@](O)(C(=O)N1C[C@H]2C[C@@H]1CN2)C[C@@H]3O[C@H]1C[C@H]2[C@H](O[C@@H]3[C@@H](OC)OCCN32)[C@H](C)O1. The molecule has 15 heteroatoms. The predicted octanol–water partition coefficient (Wildman–Crippen LogP) is 0.723. The number of amides is 1. The van der Waals surface area contributed by atoms with Gasteiger partial charge >= 0.3 is 0 Å². The molecule has 2 aliphatic carbocycles. The number of carbonyl (C=O) groups is 3. The van der Waals surface area contributed by atoms with Gasteiger partial charge < -0.3 is 54.0 Å². The molecule has 272 valence electrons. The van der Waals surface area contributed by atoms with Crippen LogP contribution in [-0.4, -0.2) is 138 Å². The Labute approximate surface area is 293 Å². The molecule has 0 saturated carbocycles. The summed E-state index contributed by atoms with van der Waals surface area (Å²) in [7, 11) is 2.93. The quantitative estimate of drug-likeness (QED) is 0.272. The number of fused-ring (bicyclic) bond motifs is 8. The van der Waals surface area contributed by atoms with E-state index >= 15 is 0 Å². The number of phenolic OH excluding ortho intramolecular Hbond substituents is 2. The molecule has 5 fully saturated rings. The van der Waals surface area contributed by atoms with Crippen molar-refractivity contribution in [3.8, 4) is 17.2 Å². The van der Waals surface area contributed by atoms with E-state index in [1.54, 1.807) is 18.1 Å². The van der Waals surface area contributed by atoms with Gasteiger partial charge in [-0.2, -0.15) is 0 Å². The Balaban J connectivity index is 1.12. The number of aliphatic hydroxyl groups is 1. The second-order valence-corrected chi connectivity index (χ2v) is 14.6. The summed E-state index contributed by atoms with van der Waals surface area (Å²) in [6.45, 7) is 3.94. The first-order valence-electron chi connectivity index (χ1n) is 17.5. The molecule has 2 aromatic carbocycles. The third-order valence-corrected chi connectivity index (χ3v) is 11.9. The van der Waals surface area contributed by atoms with E-state index in [9.17, 15) is 29.7 Å². The first-order chi connectivity index (χ1) is 24.5. The molecule has 5 aliphatic heterocycles. The predicted molar refractivity (Wildman–Crippen MR) is 173 cm³/mol. The highest BCUT2D eigenvalue weighted by atomic mass is 16.7. The molecule has 7 aliphatic rings.